The summed E-state index contributed by atoms with van der Waals surface area (Å²) in [5.74, 6) is 49.7. The molecule has 0 amide bonds. The minimum atomic E-state index is 1.12. The van der Waals surface area contributed by atoms with Gasteiger partial charge in [-0.05, 0) is 606 Å². The Balaban J connectivity index is 0.594. The summed E-state index contributed by atoms with van der Waals surface area (Å²) in [6.45, 7) is 0. The SMILES string of the molecule is C1C2C3C4C5C6C7C8CC9C%10C%11C%12C%13[C@H]%14C%15C%16C%17C%18CC%19C%20C%21C%22C%23C%24C%25CC%26C%27C%28C%29C%30C%31C%32C%33C%34C1C21C32C43C54C65C76C89C%107C%118C%129C%10%11C8%12C67C56C45C34C23C%341C%331C%322C78C13C41C53C6%12C%104C35C17C13C56C45C%114C%139[C@@]%147C%159C%16%10C%17%11C%19%18C%20%12C%21%13C%22%14C%23%15C%24%16C%25%26C%27%17C%28%18C%19%20C%16%17C%15%16C%14%15C%13%14C%12%11C%10%11C%14%10C%15%12C%16%19C%13%14C%12%15C%10%12C%119[C@]47[C@]%125C%156[C@]%131[C@@]14C%20%14C%29%18[C@@]%301C%312C834. The van der Waals surface area contributed by atoms with Crippen LogP contribution in [-0.4, -0.2) is 0 Å². The molecule has 0 bridgehead atoms. The first-order chi connectivity index (χ1) is 53.8. The van der Waals surface area contributed by atoms with Crippen LogP contribution in [0.2, 0.25) is 0 Å². The van der Waals surface area contributed by atoms with Crippen molar-refractivity contribution in [3.8, 4) is 0 Å². The molecule has 0 aromatic carbocycles. The maximum absolute atomic E-state index is 1.95. The van der Waals surface area contributed by atoms with Crippen LogP contribution in [-0.2, 0) is 0 Å². The van der Waals surface area contributed by atoms with E-state index in [0.717, 1.165) is 184 Å². The van der Waals surface area contributed by atoms with E-state index in [9.17, 15) is 0 Å². The zero-order chi connectivity index (χ0) is 57.5. The number of rotatable bonds is 0. The molecule has 108 heavy (non-hydrogen) atoms. The van der Waals surface area contributed by atoms with Gasteiger partial charge in [-0.25, -0.2) is 0 Å². The van der Waals surface area contributed by atoms with Crippen molar-refractivity contribution in [1.82, 2.24) is 0 Å². The van der Waals surface area contributed by atoms with Gasteiger partial charge in [0.25, 0.3) is 0 Å². The van der Waals surface area contributed by atoms with Crippen molar-refractivity contribution in [3.05, 3.63) is 152 Å². The van der Waals surface area contributed by atoms with Gasteiger partial charge in [0.05, 0.1) is 0 Å². The van der Waals surface area contributed by atoms with E-state index in [1.54, 1.807) is 0 Å². The van der Waals surface area contributed by atoms with Crippen LogP contribution < -0.4 is 0 Å². The molecule has 104 atom stereocenters. The number of fused-ring (bicyclic) bond motifs is 30. The normalized spacial score (nSPS) is 159. The summed E-state index contributed by atoms with van der Waals surface area (Å²) < 4.78 is 0. The van der Waals surface area contributed by atoms with Crippen molar-refractivity contribution in [2.24, 2.45) is 429 Å². The van der Waals surface area contributed by atoms with Crippen LogP contribution in [0.15, 0.2) is 0 Å². The average Bonchev–Trinajstić information content (AvgIpc) is 0.390. The maximum Gasteiger partial charge on any atom is -0.000000409 e. The highest BCUT2D eigenvalue weighted by Gasteiger charge is 3.92. The molecule has 88 fully saturated rings. The molecule has 0 aromatic rings. The molecule has 88 aliphatic rings. The Labute approximate surface area is 601 Å². The zero-order valence-electron chi connectivity index (χ0n) is 57.5. The molecule has 0 radical (unpaired) electrons. The minimum Gasteiger partial charge on any atom is -0.0458 e. The zero-order valence-corrected chi connectivity index (χ0v) is 57.5. The van der Waals surface area contributed by atoms with E-state index in [1.165, 1.54) is 396 Å². The summed E-state index contributed by atoms with van der Waals surface area (Å²) in [6.07, 6.45) is 7.81. The molecular formula is C108H42. The van der Waals surface area contributed by atoms with E-state index in [0.29, 0.717) is 0 Å². The summed E-state index contributed by atoms with van der Waals surface area (Å²) in [5, 5.41) is 0. The van der Waals surface area contributed by atoms with E-state index >= 15 is 0 Å². The molecule has 0 nitrogen and oxygen atoms in total. The van der Waals surface area contributed by atoms with Crippen LogP contribution >= 0.6 is 0 Å². The first-order valence-electron chi connectivity index (χ1n) is 53.8. The van der Waals surface area contributed by atoms with Crippen LogP contribution in [0.5, 0.6) is 0 Å². The van der Waals surface area contributed by atoms with Crippen LogP contribution in [0.4, 0.5) is 0 Å². The largest absolute Gasteiger partial charge is 0.0458 e. The van der Waals surface area contributed by atoms with Gasteiger partial charge in [-0.3, -0.25) is 0 Å². The molecule has 0 heteroatoms. The molecule has 88 saturated carbocycles. The molecular weight excluding hydrogens is 1300 g/mol. The smallest absolute Gasteiger partial charge is 0.000000409 e. The average molecular weight is 1340 g/mol. The van der Waals surface area contributed by atoms with Gasteiger partial charge in [0.15, 0.2) is 0 Å². The molecule has 474 valence electrons. The van der Waals surface area contributed by atoms with Crippen LogP contribution in [0.25, 0.3) is 0 Å². The van der Waals surface area contributed by atoms with Crippen molar-refractivity contribution < 1.29 is 0 Å². The molecule has 88 rings (SSSR count). The third kappa shape index (κ3) is 0.558. The standard InChI is InChI=1S/C108H42/c1-5-13-21-29-22-14-6-2-10-19-27-33-37-38-34-28-20-12-4-8-16-24-30-23-15-7-3-11-18-26-32-36-35-31-25-17-9(1)39(5)43(13)51(21)59(29)52(22)44(14)40(6,10)48(19)57(27)63(33)67(37)68(38)64(34)58(28)50(20)42(8,12)46(16)54(24)60(30)53(23)45(15)41(7,11)49(18)56(26)62(32)66(36)65(35)61(31)55(25)47(17,39)69(43)73(51)81(59)74(52)70(44,48)78(57)85(63)89(67)90(68)86(64)80(58)72(46,50)76(54)82(60)75(53)71(45,49)79(56)84(62)88(66)87(65)83(61)77(55,69)91(73)95(81)92(74,78)98(85)103(89)104(90)100(86)94(76,80)96(82)93(75,79)99(84)102(88)101(87)97(83,91)105(95,98)107(101,103)108(102,104)106(96,99)100/h5-38H,1-4H2/t5?,6?,7?,8?,9?,10?,11?,12?,13?,14?,15?,16?,17?,18?,19?,20?,21?,22?,23?,24?,25?,26?,27?,28?,29?,30?,31?,32?,33?,34?,35-,36?,37?,38?,39?,40?,41?,42?,43?,44?,45?,46?,47?,48?,49?,50?,51?,52?,53?,54?,55?,56?,57?,58?,59?,60?,61?,62?,63?,64?,65+,66?,67-,68?,69?,70?,71?,72?,73?,74?,75?,76?,77?,78?,79?,80?,81?,82?,83?,84?,85?,86?,87+,88?,89-,90?,91?,92?,93?,94?,95?,96?,97?,98?,99?,100?,101+,102?,103-,104?,105?,106?,107?,108?/m1/s1. The lowest BCUT2D eigenvalue weighted by atomic mass is 8.17. The Bertz CT molecular complexity index is 8480. The van der Waals surface area contributed by atoms with Crippen molar-refractivity contribution in [2.45, 2.75) is 25.7 Å². The van der Waals surface area contributed by atoms with Gasteiger partial charge in [-0.2, -0.15) is 0 Å². The predicted molar refractivity (Wildman–Crippen MR) is 330 cm³/mol. The molecule has 70 spiro atoms. The highest BCUT2D eigenvalue weighted by molar-refractivity contribution is 6.94. The highest BCUT2D eigenvalue weighted by Crippen LogP contribution is 3.96. The summed E-state index contributed by atoms with van der Waals surface area (Å²) >= 11 is 0. The third-order valence-corrected chi connectivity index (χ3v) is 104. The van der Waals surface area contributed by atoms with E-state index < -0.39 is 0 Å². The van der Waals surface area contributed by atoms with Gasteiger partial charge >= 0.3 is 0 Å². The summed E-state index contributed by atoms with van der Waals surface area (Å²) in [5.41, 5.74) is 81.4. The Kier molecular flexibility index (Phi) is 1.31. The highest BCUT2D eigenvalue weighted by atomic mass is 15.9. The first-order valence-corrected chi connectivity index (χ1v) is 53.8. The van der Waals surface area contributed by atoms with Gasteiger partial charge < -0.3 is 0 Å². The van der Waals surface area contributed by atoms with E-state index in [-0.39, 0.29) is 0 Å². The second-order valence-electron chi connectivity index (χ2n) is 73.9. The predicted octanol–water partition coefficient (Wildman–Crippen LogP) is 8.02. The molecule has 97 unspecified atom stereocenters. The minimum absolute atomic E-state index is 1.12. The lowest BCUT2D eigenvalue weighted by Crippen LogP contribution is -3.81. The maximum atomic E-state index is 1.95. The Hall–Kier alpha value is 0. The fraction of sp³-hybridized carbons (Fsp3) is 1.00. The second kappa shape index (κ2) is 4.35. The Morgan fingerprint density at radius 2 is 0.176 bits per heavy atom. The molecule has 0 N–H and O–H groups in total. The molecule has 0 aromatic heterocycles. The lowest BCUT2D eigenvalue weighted by Gasteiger charge is -3.84. The topological polar surface area (TPSA) is 0 Å². The summed E-state index contributed by atoms with van der Waals surface area (Å²) in [6, 6.07) is 0. The van der Waals surface area contributed by atoms with Gasteiger partial charge in [-0.1, -0.05) is 0 Å². The molecule has 0 heterocycles. The van der Waals surface area contributed by atoms with Crippen LogP contribution in [0, 0.1) is 580 Å². The molecule has 88 aliphatic carbocycles. The van der Waals surface area contributed by atoms with Gasteiger partial charge in [0, 0.05) is 0 Å². The fourth-order valence-corrected chi connectivity index (χ4v) is 139. The van der Waals surface area contributed by atoms with Gasteiger partial charge in [-0.15, -0.1) is 0 Å². The van der Waals surface area contributed by atoms with E-state index in [1.807, 2.05) is 25.7 Å². The van der Waals surface area contributed by atoms with E-state index in [4.69, 9.17) is 0 Å². The quantitative estimate of drug-likeness (QED) is 0.231. The Morgan fingerprint density at radius 1 is 0.0833 bits per heavy atom. The van der Waals surface area contributed by atoms with Crippen molar-refractivity contribution in [2.75, 3.05) is 0 Å². The molecule has 0 saturated heterocycles. The van der Waals surface area contributed by atoms with Crippen LogP contribution in [0.3, 0.4) is 0 Å². The lowest BCUT2D eigenvalue weighted by molar-refractivity contribution is -1.30. The van der Waals surface area contributed by atoms with E-state index in [2.05, 4.69) is 0 Å². The fourth-order valence-electron chi connectivity index (χ4n) is 139. The number of hydrogen-bond acceptors (Lipinski definition) is 0. The van der Waals surface area contributed by atoms with Crippen molar-refractivity contribution in [1.29, 1.82) is 0 Å². The van der Waals surface area contributed by atoms with Crippen LogP contribution in [0.1, 0.15) is 25.7 Å². The summed E-state index contributed by atoms with van der Waals surface area (Å²) in [4.78, 5) is 0. The first kappa shape index (κ1) is 32.5. The van der Waals surface area contributed by atoms with Gasteiger partial charge in [0.1, 0.15) is 0 Å². The molecule has 0 aliphatic heterocycles. The van der Waals surface area contributed by atoms with Gasteiger partial charge in [0.2, 0.25) is 0 Å². The Morgan fingerprint density at radius 3 is 0.315 bits per heavy atom. The summed E-state index contributed by atoms with van der Waals surface area (Å²) in [7, 11) is 0. The third-order valence-electron chi connectivity index (χ3n) is 104. The monoisotopic (exact) mass is 1340 g/mol. The van der Waals surface area contributed by atoms with Crippen molar-refractivity contribution in [3.63, 3.8) is 0 Å². The second-order valence-corrected chi connectivity index (χ2v) is 73.9. The number of hydrogen-bond donors (Lipinski definition) is 0. The van der Waals surface area contributed by atoms with Crippen molar-refractivity contribution >= 4 is 0 Å².